The number of carbonyl (C=O) groups excluding carboxylic acids is 2. The lowest BCUT2D eigenvalue weighted by Gasteiger charge is -2.16. The molecule has 3 aromatic carbocycles. The number of anilines is 1. The number of benzene rings is 3. The van der Waals surface area contributed by atoms with E-state index in [1.807, 2.05) is 24.3 Å². The standard InChI is InChI=1S/C40H38FNO3/c1-5-7-27(2)10-16-32-25-36-31(9-6-8-28(3)35(36)26-37(32)45-4)24-30-13-11-29(12-14-30)15-21-38(43)40(22-23-40)39(44)42-34-19-17-33(41)18-20-34/h6,8-21,25-26H,2-3,5,7,22-24H2,1,4H3,(H,42,44)/b16-10+,21-15+. The molecule has 1 saturated carbocycles. The Bertz CT molecular complexity index is 1750. The maximum absolute atomic E-state index is 13.2. The number of ketones is 1. The van der Waals surface area contributed by atoms with Crippen LogP contribution in [-0.2, 0) is 16.0 Å². The first-order valence-corrected chi connectivity index (χ1v) is 15.3. The average molecular weight is 600 g/mol. The monoisotopic (exact) mass is 599 g/mol. The maximum atomic E-state index is 13.2. The van der Waals surface area contributed by atoms with Crippen LogP contribution in [-0.4, -0.2) is 18.8 Å². The van der Waals surface area contributed by atoms with Crippen LogP contribution in [0.2, 0.25) is 0 Å². The Morgan fingerprint density at radius 2 is 1.73 bits per heavy atom. The molecule has 5 heteroatoms. The summed E-state index contributed by atoms with van der Waals surface area (Å²) < 4.78 is 18.9. The molecule has 0 saturated heterocycles. The molecule has 4 nitrogen and oxygen atoms in total. The van der Waals surface area contributed by atoms with E-state index < -0.39 is 5.41 Å². The van der Waals surface area contributed by atoms with E-state index in [0.717, 1.165) is 63.1 Å². The molecular formula is C40H38FNO3. The Kier molecular flexibility index (Phi) is 9.58. The predicted octanol–water partition coefficient (Wildman–Crippen LogP) is 9.41. The fraction of sp³-hybridized carbons (Fsp3) is 0.200. The van der Waals surface area contributed by atoms with Crippen LogP contribution in [0.15, 0.2) is 110 Å². The average Bonchev–Trinajstić information content (AvgIpc) is 3.87. The van der Waals surface area contributed by atoms with Gasteiger partial charge in [-0.05, 0) is 102 Å². The number of nitrogens with one attached hydrogen (secondary N) is 1. The Morgan fingerprint density at radius 3 is 2.40 bits per heavy atom. The van der Waals surface area contributed by atoms with Gasteiger partial charge >= 0.3 is 0 Å². The molecule has 228 valence electrons. The molecule has 0 aromatic heterocycles. The summed E-state index contributed by atoms with van der Waals surface area (Å²) in [6.45, 7) is 10.6. The Balaban J connectivity index is 1.29. The third kappa shape index (κ3) is 7.38. The van der Waals surface area contributed by atoms with Crippen LogP contribution in [0.5, 0.6) is 5.75 Å². The van der Waals surface area contributed by atoms with E-state index in [9.17, 15) is 14.0 Å². The molecule has 1 amide bonds. The van der Waals surface area contributed by atoms with E-state index in [1.54, 1.807) is 13.2 Å². The van der Waals surface area contributed by atoms with Crippen molar-refractivity contribution < 1.29 is 18.7 Å². The van der Waals surface area contributed by atoms with Gasteiger partial charge < -0.3 is 10.1 Å². The molecule has 1 N–H and O–H groups in total. The molecular weight excluding hydrogens is 561 g/mol. The molecule has 0 unspecified atom stereocenters. The number of hydrogen-bond acceptors (Lipinski definition) is 3. The first-order valence-electron chi connectivity index (χ1n) is 15.3. The highest BCUT2D eigenvalue weighted by Crippen LogP contribution is 2.48. The van der Waals surface area contributed by atoms with Crippen molar-refractivity contribution in [1.29, 1.82) is 0 Å². The fourth-order valence-electron chi connectivity index (χ4n) is 5.45. The van der Waals surface area contributed by atoms with Crippen molar-refractivity contribution >= 4 is 40.7 Å². The van der Waals surface area contributed by atoms with Crippen LogP contribution >= 0.6 is 0 Å². The third-order valence-corrected chi connectivity index (χ3v) is 8.29. The van der Waals surface area contributed by atoms with E-state index in [-0.39, 0.29) is 17.5 Å². The third-order valence-electron chi connectivity index (χ3n) is 8.29. The van der Waals surface area contributed by atoms with Crippen LogP contribution in [0.3, 0.4) is 0 Å². The van der Waals surface area contributed by atoms with Crippen LogP contribution in [0.25, 0.3) is 23.3 Å². The highest BCUT2D eigenvalue weighted by Gasteiger charge is 2.55. The Labute approximate surface area is 265 Å². The summed E-state index contributed by atoms with van der Waals surface area (Å²) >= 11 is 0. The van der Waals surface area contributed by atoms with Crippen molar-refractivity contribution in [2.75, 3.05) is 12.4 Å². The first-order chi connectivity index (χ1) is 21.7. The number of hydrogen-bond donors (Lipinski definition) is 1. The summed E-state index contributed by atoms with van der Waals surface area (Å²) in [5.74, 6) is -0.173. The highest BCUT2D eigenvalue weighted by molar-refractivity contribution is 6.18. The van der Waals surface area contributed by atoms with E-state index in [2.05, 4.69) is 67.9 Å². The number of amides is 1. The summed E-state index contributed by atoms with van der Waals surface area (Å²) in [6.07, 6.45) is 17.2. The molecule has 2 aliphatic carbocycles. The van der Waals surface area contributed by atoms with Crippen molar-refractivity contribution in [1.82, 2.24) is 0 Å². The minimum absolute atomic E-state index is 0.225. The second kappa shape index (κ2) is 13.7. The van der Waals surface area contributed by atoms with Gasteiger partial charge in [0.2, 0.25) is 5.91 Å². The number of methoxy groups -OCH3 is 1. The number of fused-ring (bicyclic) bond motifs is 1. The molecule has 0 aliphatic heterocycles. The van der Waals surface area contributed by atoms with Crippen LogP contribution in [0, 0.1) is 11.2 Å². The number of ether oxygens (including phenoxy) is 1. The summed E-state index contributed by atoms with van der Waals surface area (Å²) in [4.78, 5) is 25.9. The Morgan fingerprint density at radius 1 is 1.00 bits per heavy atom. The summed E-state index contributed by atoms with van der Waals surface area (Å²) in [6, 6.07) is 17.8. The Hall–Kier alpha value is -5.03. The van der Waals surface area contributed by atoms with Crippen molar-refractivity contribution in [3.63, 3.8) is 0 Å². The maximum Gasteiger partial charge on any atom is 0.238 e. The number of halogens is 1. The van der Waals surface area contributed by atoms with E-state index >= 15 is 0 Å². The molecule has 0 radical (unpaired) electrons. The van der Waals surface area contributed by atoms with Crippen molar-refractivity contribution in [2.45, 2.75) is 39.0 Å². The van der Waals surface area contributed by atoms with Gasteiger partial charge in [0.15, 0.2) is 5.78 Å². The van der Waals surface area contributed by atoms with Gasteiger partial charge in [-0.1, -0.05) is 92.8 Å². The normalized spacial score (nSPS) is 15.0. The van der Waals surface area contributed by atoms with Crippen LogP contribution < -0.4 is 10.1 Å². The molecule has 5 rings (SSSR count). The minimum Gasteiger partial charge on any atom is -0.496 e. The van der Waals surface area contributed by atoms with Gasteiger partial charge in [-0.25, -0.2) is 4.39 Å². The van der Waals surface area contributed by atoms with Crippen molar-refractivity contribution in [3.8, 4) is 5.75 Å². The van der Waals surface area contributed by atoms with Crippen molar-refractivity contribution in [2.24, 2.45) is 5.41 Å². The largest absolute Gasteiger partial charge is 0.496 e. The number of carbonyl (C=O) groups is 2. The SMILES string of the molecule is C=C(/C=C/c1cc2c(cc1OC)C(=C)C=CC=C2Cc1ccc(/C=C/C(=O)C2(C(=O)Nc3ccc(F)cc3)CC2)cc1)CCC. The lowest BCUT2D eigenvalue weighted by atomic mass is 9.90. The molecule has 0 atom stereocenters. The molecule has 45 heavy (non-hydrogen) atoms. The summed E-state index contributed by atoms with van der Waals surface area (Å²) in [5.41, 5.74) is 7.69. The second-order valence-corrected chi connectivity index (χ2v) is 11.6. The van der Waals surface area contributed by atoms with Gasteiger partial charge in [0.1, 0.15) is 17.0 Å². The zero-order valence-corrected chi connectivity index (χ0v) is 25.9. The molecule has 3 aromatic rings. The number of rotatable bonds is 12. The molecule has 2 aliphatic rings. The molecule has 0 heterocycles. The summed E-state index contributed by atoms with van der Waals surface area (Å²) in [7, 11) is 1.68. The van der Waals surface area contributed by atoms with Gasteiger partial charge in [0.25, 0.3) is 0 Å². The fourth-order valence-corrected chi connectivity index (χ4v) is 5.45. The van der Waals surface area contributed by atoms with Gasteiger partial charge in [-0.15, -0.1) is 0 Å². The topological polar surface area (TPSA) is 55.4 Å². The predicted molar refractivity (Wildman–Crippen MR) is 183 cm³/mol. The zero-order chi connectivity index (χ0) is 32.0. The van der Waals surface area contributed by atoms with E-state index in [0.29, 0.717) is 24.9 Å². The quantitative estimate of drug-likeness (QED) is 0.128. The lowest BCUT2D eigenvalue weighted by molar-refractivity contribution is -0.130. The molecule has 1 fully saturated rings. The van der Waals surface area contributed by atoms with Crippen LogP contribution in [0.4, 0.5) is 10.1 Å². The van der Waals surface area contributed by atoms with Gasteiger partial charge in [-0.2, -0.15) is 0 Å². The van der Waals surface area contributed by atoms with Crippen molar-refractivity contribution in [3.05, 3.63) is 143 Å². The van der Waals surface area contributed by atoms with E-state index in [1.165, 1.54) is 30.3 Å². The first kappa shape index (κ1) is 31.4. The zero-order valence-electron chi connectivity index (χ0n) is 25.9. The number of allylic oxidation sites excluding steroid dienone is 8. The van der Waals surface area contributed by atoms with Gasteiger partial charge in [-0.3, -0.25) is 9.59 Å². The smallest absolute Gasteiger partial charge is 0.238 e. The highest BCUT2D eigenvalue weighted by atomic mass is 19.1. The lowest BCUT2D eigenvalue weighted by Crippen LogP contribution is -2.30. The van der Waals surface area contributed by atoms with Gasteiger partial charge in [0.05, 0.1) is 7.11 Å². The summed E-state index contributed by atoms with van der Waals surface area (Å²) in [5, 5.41) is 2.75. The molecule has 0 bridgehead atoms. The minimum atomic E-state index is -1.05. The second-order valence-electron chi connectivity index (χ2n) is 11.6. The van der Waals surface area contributed by atoms with Crippen LogP contribution in [0.1, 0.15) is 60.4 Å². The van der Waals surface area contributed by atoms with E-state index in [4.69, 9.17) is 4.74 Å². The van der Waals surface area contributed by atoms with Gasteiger partial charge in [0, 0.05) is 11.3 Å². The molecule has 0 spiro atoms.